The van der Waals surface area contributed by atoms with Gasteiger partial charge in [0.2, 0.25) is 0 Å². The Morgan fingerprint density at radius 1 is 1.69 bits per heavy atom. The van der Waals surface area contributed by atoms with Gasteiger partial charge in [-0.2, -0.15) is 0 Å². The van der Waals surface area contributed by atoms with Crippen LogP contribution in [0.15, 0.2) is 18.3 Å². The lowest BCUT2D eigenvalue weighted by atomic mass is 10.2. The number of aromatic carboxylic acids is 1. The van der Waals surface area contributed by atoms with E-state index >= 15 is 0 Å². The van der Waals surface area contributed by atoms with E-state index in [4.69, 9.17) is 9.84 Å². The Morgan fingerprint density at radius 3 is 3.25 bits per heavy atom. The Bertz CT molecular complexity index is 375. The zero-order valence-electron chi connectivity index (χ0n) is 8.85. The maximum absolute atomic E-state index is 10.9. The number of pyridine rings is 1. The highest BCUT2D eigenvalue weighted by Gasteiger charge is 2.17. The molecule has 86 valence electrons. The minimum atomic E-state index is -0.969. The number of rotatable bonds is 4. The van der Waals surface area contributed by atoms with Crippen molar-refractivity contribution in [3.63, 3.8) is 0 Å². The van der Waals surface area contributed by atoms with Crippen molar-refractivity contribution in [3.8, 4) is 0 Å². The highest BCUT2D eigenvalue weighted by atomic mass is 16.5. The minimum Gasteiger partial charge on any atom is -0.478 e. The van der Waals surface area contributed by atoms with E-state index in [2.05, 4.69) is 10.3 Å². The van der Waals surface area contributed by atoms with Gasteiger partial charge in [-0.05, 0) is 25.0 Å². The topological polar surface area (TPSA) is 71.5 Å². The fourth-order valence-corrected chi connectivity index (χ4v) is 1.73. The molecule has 1 aromatic heterocycles. The molecule has 5 nitrogen and oxygen atoms in total. The fraction of sp³-hybridized carbons (Fsp3) is 0.455. The second-order valence-corrected chi connectivity index (χ2v) is 3.72. The molecule has 2 N–H and O–H groups in total. The molecule has 1 aliphatic heterocycles. The number of ether oxygens (including phenoxy) is 1. The van der Waals surface area contributed by atoms with Gasteiger partial charge in [0, 0.05) is 19.3 Å². The Morgan fingerprint density at radius 2 is 2.56 bits per heavy atom. The van der Waals surface area contributed by atoms with Gasteiger partial charge in [0.15, 0.2) is 0 Å². The highest BCUT2D eigenvalue weighted by molar-refractivity contribution is 5.92. The third kappa shape index (κ3) is 2.49. The van der Waals surface area contributed by atoms with Crippen molar-refractivity contribution in [1.82, 2.24) is 4.98 Å². The molecule has 1 fully saturated rings. The third-order valence-electron chi connectivity index (χ3n) is 2.56. The van der Waals surface area contributed by atoms with E-state index in [-0.39, 0.29) is 11.7 Å². The third-order valence-corrected chi connectivity index (χ3v) is 2.56. The molecule has 2 heterocycles. The van der Waals surface area contributed by atoms with Gasteiger partial charge in [0.05, 0.1) is 6.10 Å². The van der Waals surface area contributed by atoms with E-state index in [1.54, 1.807) is 12.3 Å². The first-order chi connectivity index (χ1) is 7.77. The van der Waals surface area contributed by atoms with Crippen molar-refractivity contribution in [2.45, 2.75) is 18.9 Å². The number of hydrogen-bond acceptors (Lipinski definition) is 4. The summed E-state index contributed by atoms with van der Waals surface area (Å²) in [7, 11) is 0. The van der Waals surface area contributed by atoms with Gasteiger partial charge in [-0.25, -0.2) is 9.78 Å². The van der Waals surface area contributed by atoms with Crippen LogP contribution >= 0.6 is 0 Å². The first kappa shape index (κ1) is 10.9. The lowest BCUT2D eigenvalue weighted by molar-refractivity contribution is 0.0697. The van der Waals surface area contributed by atoms with E-state index in [0.29, 0.717) is 12.4 Å². The van der Waals surface area contributed by atoms with E-state index in [1.807, 2.05) is 0 Å². The van der Waals surface area contributed by atoms with Crippen molar-refractivity contribution in [2.24, 2.45) is 0 Å². The summed E-state index contributed by atoms with van der Waals surface area (Å²) < 4.78 is 5.44. The standard InChI is InChI=1S/C11H14N2O3/c14-11(15)9-4-1-5-12-10(9)13-7-8-3-2-6-16-8/h1,4-5,8H,2-3,6-7H2,(H,12,13)(H,14,15). The number of carboxylic acids is 1. The average molecular weight is 222 g/mol. The van der Waals surface area contributed by atoms with E-state index in [1.165, 1.54) is 6.07 Å². The lowest BCUT2D eigenvalue weighted by Gasteiger charge is -2.12. The summed E-state index contributed by atoms with van der Waals surface area (Å²) in [4.78, 5) is 14.9. The molecule has 0 radical (unpaired) electrons. The summed E-state index contributed by atoms with van der Waals surface area (Å²) in [5, 5.41) is 12.0. The molecule has 1 saturated heterocycles. The summed E-state index contributed by atoms with van der Waals surface area (Å²) in [5.41, 5.74) is 0.195. The SMILES string of the molecule is O=C(O)c1cccnc1NCC1CCCO1. The highest BCUT2D eigenvalue weighted by Crippen LogP contribution is 2.15. The average Bonchev–Trinajstić information content (AvgIpc) is 2.79. The zero-order valence-corrected chi connectivity index (χ0v) is 8.85. The van der Waals surface area contributed by atoms with Crippen molar-refractivity contribution in [2.75, 3.05) is 18.5 Å². The molecule has 2 rings (SSSR count). The predicted octanol–water partition coefficient (Wildman–Crippen LogP) is 1.37. The van der Waals surface area contributed by atoms with Crippen LogP contribution < -0.4 is 5.32 Å². The van der Waals surface area contributed by atoms with Gasteiger partial charge in [-0.3, -0.25) is 0 Å². The molecule has 0 aliphatic carbocycles. The molecule has 0 saturated carbocycles. The largest absolute Gasteiger partial charge is 0.478 e. The summed E-state index contributed by atoms with van der Waals surface area (Å²) >= 11 is 0. The van der Waals surface area contributed by atoms with Crippen LogP contribution in [0.1, 0.15) is 23.2 Å². The monoisotopic (exact) mass is 222 g/mol. The van der Waals surface area contributed by atoms with Gasteiger partial charge in [-0.15, -0.1) is 0 Å². The van der Waals surface area contributed by atoms with Crippen LogP contribution in [0.5, 0.6) is 0 Å². The second kappa shape index (κ2) is 4.94. The van der Waals surface area contributed by atoms with E-state index in [9.17, 15) is 4.79 Å². The van der Waals surface area contributed by atoms with E-state index < -0.39 is 5.97 Å². The number of carbonyl (C=O) groups is 1. The molecule has 1 aromatic rings. The Hall–Kier alpha value is -1.62. The van der Waals surface area contributed by atoms with Crippen LogP contribution in [0.4, 0.5) is 5.82 Å². The van der Waals surface area contributed by atoms with Crippen molar-refractivity contribution in [1.29, 1.82) is 0 Å². The maximum atomic E-state index is 10.9. The quantitative estimate of drug-likeness (QED) is 0.805. The summed E-state index contributed by atoms with van der Waals surface area (Å²) in [5.74, 6) is -0.562. The molecule has 0 spiro atoms. The molecule has 0 amide bonds. The Balaban J connectivity index is 2.00. The van der Waals surface area contributed by atoms with Crippen molar-refractivity contribution >= 4 is 11.8 Å². The zero-order chi connectivity index (χ0) is 11.4. The van der Waals surface area contributed by atoms with Crippen molar-refractivity contribution in [3.05, 3.63) is 23.9 Å². The Kier molecular flexibility index (Phi) is 3.36. The molecular formula is C11H14N2O3. The second-order valence-electron chi connectivity index (χ2n) is 3.72. The summed E-state index contributed by atoms with van der Waals surface area (Å²) in [6, 6.07) is 3.15. The fourth-order valence-electron chi connectivity index (χ4n) is 1.73. The van der Waals surface area contributed by atoms with E-state index in [0.717, 1.165) is 19.4 Å². The molecule has 0 bridgehead atoms. The van der Waals surface area contributed by atoms with Crippen LogP contribution in [-0.2, 0) is 4.74 Å². The number of carboxylic acid groups (broad SMARTS) is 1. The normalized spacial score (nSPS) is 19.6. The predicted molar refractivity (Wildman–Crippen MR) is 58.7 cm³/mol. The number of nitrogens with one attached hydrogen (secondary N) is 1. The van der Waals surface area contributed by atoms with Crippen LogP contribution in [-0.4, -0.2) is 35.3 Å². The van der Waals surface area contributed by atoms with Crippen LogP contribution in [0.2, 0.25) is 0 Å². The maximum Gasteiger partial charge on any atom is 0.339 e. The number of aromatic nitrogens is 1. The number of nitrogens with zero attached hydrogens (tertiary/aromatic N) is 1. The Labute approximate surface area is 93.5 Å². The number of hydrogen-bond donors (Lipinski definition) is 2. The molecule has 1 aliphatic rings. The van der Waals surface area contributed by atoms with Gasteiger partial charge in [0.25, 0.3) is 0 Å². The lowest BCUT2D eigenvalue weighted by Crippen LogP contribution is -2.20. The summed E-state index contributed by atoms with van der Waals surface area (Å²) in [6.45, 7) is 1.40. The number of anilines is 1. The van der Waals surface area contributed by atoms with Gasteiger partial charge < -0.3 is 15.2 Å². The molecule has 0 aromatic carbocycles. The van der Waals surface area contributed by atoms with Crippen molar-refractivity contribution < 1.29 is 14.6 Å². The first-order valence-electron chi connectivity index (χ1n) is 5.31. The molecule has 1 unspecified atom stereocenters. The molecular weight excluding hydrogens is 208 g/mol. The summed E-state index contributed by atoms with van der Waals surface area (Å²) in [6.07, 6.45) is 3.83. The smallest absolute Gasteiger partial charge is 0.339 e. The van der Waals surface area contributed by atoms with Crippen LogP contribution in [0.3, 0.4) is 0 Å². The van der Waals surface area contributed by atoms with Gasteiger partial charge in [-0.1, -0.05) is 0 Å². The van der Waals surface area contributed by atoms with Gasteiger partial charge >= 0.3 is 5.97 Å². The van der Waals surface area contributed by atoms with Crippen LogP contribution in [0.25, 0.3) is 0 Å². The minimum absolute atomic E-state index is 0.170. The molecule has 1 atom stereocenters. The molecule has 16 heavy (non-hydrogen) atoms. The first-order valence-corrected chi connectivity index (χ1v) is 5.31. The molecule has 5 heteroatoms. The van der Waals surface area contributed by atoms with Crippen LogP contribution in [0, 0.1) is 0 Å². The van der Waals surface area contributed by atoms with Gasteiger partial charge in [0.1, 0.15) is 11.4 Å².